The van der Waals surface area contributed by atoms with Crippen molar-refractivity contribution < 1.29 is 4.11 Å². The molecule has 0 aliphatic carbocycles. The van der Waals surface area contributed by atoms with Crippen molar-refractivity contribution in [3.05, 3.63) is 78.4 Å². The first-order chi connectivity index (χ1) is 13.0. The standard InChI is InChI=1S/C20H14N4/c1-14-4-2-5-15(10-14)20-18(6-3-9-22-20)16-7-8-19-23-12-17(11-21)24(19)13-16/h2-10,12-13H,1H3/i1D3. The Morgan fingerprint density at radius 3 is 2.92 bits per heavy atom. The van der Waals surface area contributed by atoms with Crippen molar-refractivity contribution >= 4 is 5.65 Å². The molecule has 0 aliphatic rings. The number of nitriles is 1. The summed E-state index contributed by atoms with van der Waals surface area (Å²) < 4.78 is 24.6. The zero-order valence-corrected chi connectivity index (χ0v) is 12.6. The van der Waals surface area contributed by atoms with E-state index >= 15 is 0 Å². The van der Waals surface area contributed by atoms with Gasteiger partial charge in [0.1, 0.15) is 17.4 Å². The first-order valence-electron chi connectivity index (χ1n) is 8.91. The Bertz CT molecular complexity index is 1190. The van der Waals surface area contributed by atoms with Gasteiger partial charge in [0.05, 0.1) is 11.9 Å². The maximum atomic E-state index is 9.25. The van der Waals surface area contributed by atoms with Gasteiger partial charge in [0, 0.05) is 33.2 Å². The molecule has 0 saturated heterocycles. The zero-order valence-electron chi connectivity index (χ0n) is 15.6. The first-order valence-corrected chi connectivity index (χ1v) is 7.41. The predicted octanol–water partition coefficient (Wildman–Crippen LogP) is 4.24. The molecule has 114 valence electrons. The predicted molar refractivity (Wildman–Crippen MR) is 93.3 cm³/mol. The lowest BCUT2D eigenvalue weighted by atomic mass is 9.99. The van der Waals surface area contributed by atoms with Gasteiger partial charge in [-0.2, -0.15) is 5.26 Å². The molecule has 1 aromatic carbocycles. The minimum Gasteiger partial charge on any atom is -0.291 e. The number of rotatable bonds is 2. The summed E-state index contributed by atoms with van der Waals surface area (Å²) in [5.74, 6) is 0. The van der Waals surface area contributed by atoms with Gasteiger partial charge in [-0.05, 0) is 31.1 Å². The van der Waals surface area contributed by atoms with E-state index in [2.05, 4.69) is 16.0 Å². The normalized spacial score (nSPS) is 13.0. The highest BCUT2D eigenvalue weighted by molar-refractivity contribution is 5.81. The molecule has 0 spiro atoms. The molecule has 0 amide bonds. The molecule has 0 fully saturated rings. The Kier molecular flexibility index (Phi) is 2.62. The number of fused-ring (bicyclic) bond motifs is 1. The van der Waals surface area contributed by atoms with Crippen molar-refractivity contribution in [3.8, 4) is 28.5 Å². The van der Waals surface area contributed by atoms with Gasteiger partial charge in [-0.1, -0.05) is 29.8 Å². The number of aryl methyl sites for hydroxylation is 1. The number of pyridine rings is 2. The largest absolute Gasteiger partial charge is 0.291 e. The van der Waals surface area contributed by atoms with E-state index in [1.165, 1.54) is 6.20 Å². The van der Waals surface area contributed by atoms with E-state index in [9.17, 15) is 5.26 Å². The molecule has 0 unspecified atom stereocenters. The van der Waals surface area contributed by atoms with Crippen LogP contribution in [0.1, 0.15) is 15.4 Å². The summed E-state index contributed by atoms with van der Waals surface area (Å²) in [7, 11) is 0. The first kappa shape index (κ1) is 11.1. The van der Waals surface area contributed by atoms with Crippen molar-refractivity contribution in [2.45, 2.75) is 6.85 Å². The monoisotopic (exact) mass is 313 g/mol. The van der Waals surface area contributed by atoms with E-state index in [4.69, 9.17) is 4.11 Å². The van der Waals surface area contributed by atoms with Gasteiger partial charge in [-0.3, -0.25) is 9.38 Å². The molecular weight excluding hydrogens is 296 g/mol. The molecule has 4 aromatic rings. The minimum absolute atomic E-state index is 0.272. The third-order valence-corrected chi connectivity index (χ3v) is 3.87. The second kappa shape index (κ2) is 5.64. The second-order valence-electron chi connectivity index (χ2n) is 5.38. The quantitative estimate of drug-likeness (QED) is 0.556. The molecule has 0 aliphatic heterocycles. The molecule has 0 saturated carbocycles. The van der Waals surface area contributed by atoms with Crippen LogP contribution in [0, 0.1) is 18.2 Å². The SMILES string of the molecule is [2H]C([2H])([2H])c1cccc(-c2ncccc2-c2ccc3ncc(C#N)n3c2)c1. The molecule has 4 heteroatoms. The number of aromatic nitrogens is 3. The highest BCUT2D eigenvalue weighted by Gasteiger charge is 2.11. The number of benzene rings is 1. The molecule has 4 rings (SSSR count). The molecular formula is C20H14N4. The Labute approximate surface area is 143 Å². The summed E-state index contributed by atoms with van der Waals surface area (Å²) in [5, 5.41) is 9.25. The van der Waals surface area contributed by atoms with Gasteiger partial charge in [0.15, 0.2) is 0 Å². The van der Waals surface area contributed by atoms with Gasteiger partial charge in [0.25, 0.3) is 0 Å². The topological polar surface area (TPSA) is 54.0 Å². The maximum absolute atomic E-state index is 9.25. The van der Waals surface area contributed by atoms with Crippen LogP contribution in [0.5, 0.6) is 0 Å². The lowest BCUT2D eigenvalue weighted by molar-refractivity contribution is 1.15. The van der Waals surface area contributed by atoms with Crippen molar-refractivity contribution in [1.29, 1.82) is 5.26 Å². The lowest BCUT2D eigenvalue weighted by Crippen LogP contribution is -1.93. The maximum Gasteiger partial charge on any atom is 0.144 e. The van der Waals surface area contributed by atoms with Crippen LogP contribution in [0.4, 0.5) is 0 Å². The average Bonchev–Trinajstić information content (AvgIpc) is 3.10. The average molecular weight is 313 g/mol. The van der Waals surface area contributed by atoms with Crippen LogP contribution in [0.3, 0.4) is 0 Å². The molecule has 0 radical (unpaired) electrons. The molecule has 4 nitrogen and oxygen atoms in total. The Hall–Kier alpha value is -3.45. The smallest absolute Gasteiger partial charge is 0.144 e. The van der Waals surface area contributed by atoms with Crippen LogP contribution >= 0.6 is 0 Å². The number of imidazole rings is 1. The van der Waals surface area contributed by atoms with Crippen LogP contribution < -0.4 is 0 Å². The molecule has 3 aromatic heterocycles. The third kappa shape index (κ3) is 2.33. The summed E-state index contributed by atoms with van der Waals surface area (Å²) >= 11 is 0. The Balaban J connectivity index is 1.89. The number of nitrogens with zero attached hydrogens (tertiary/aromatic N) is 4. The van der Waals surface area contributed by atoms with Gasteiger partial charge in [0.2, 0.25) is 0 Å². The van der Waals surface area contributed by atoms with Crippen molar-refractivity contribution in [2.75, 3.05) is 0 Å². The van der Waals surface area contributed by atoms with E-state index in [0.29, 0.717) is 17.0 Å². The molecule has 0 atom stereocenters. The lowest BCUT2D eigenvalue weighted by Gasteiger charge is -2.10. The molecule has 0 bridgehead atoms. The Morgan fingerprint density at radius 1 is 1.08 bits per heavy atom. The second-order valence-corrected chi connectivity index (χ2v) is 5.38. The highest BCUT2D eigenvalue weighted by Crippen LogP contribution is 2.30. The Morgan fingerprint density at radius 2 is 2.04 bits per heavy atom. The van der Waals surface area contributed by atoms with E-state index < -0.39 is 6.85 Å². The van der Waals surface area contributed by atoms with Crippen LogP contribution in [0.25, 0.3) is 28.0 Å². The fourth-order valence-electron chi connectivity index (χ4n) is 2.76. The van der Waals surface area contributed by atoms with Gasteiger partial charge in [-0.15, -0.1) is 0 Å². The minimum atomic E-state index is -2.18. The fourth-order valence-corrected chi connectivity index (χ4v) is 2.76. The molecule has 0 N–H and O–H groups in total. The van der Waals surface area contributed by atoms with Crippen LogP contribution in [-0.2, 0) is 0 Å². The zero-order chi connectivity index (χ0) is 19.0. The summed E-state index contributed by atoms with van der Waals surface area (Å²) in [5.41, 5.74) is 4.52. The number of hydrogen-bond acceptors (Lipinski definition) is 3. The van der Waals surface area contributed by atoms with Gasteiger partial charge < -0.3 is 0 Å². The van der Waals surface area contributed by atoms with Crippen molar-refractivity contribution in [2.24, 2.45) is 0 Å². The van der Waals surface area contributed by atoms with Crippen LogP contribution in [-0.4, -0.2) is 14.4 Å². The molecule has 24 heavy (non-hydrogen) atoms. The highest BCUT2D eigenvalue weighted by atomic mass is 15.0. The summed E-state index contributed by atoms with van der Waals surface area (Å²) in [6.07, 6.45) is 5.05. The fraction of sp³-hybridized carbons (Fsp3) is 0.0500. The summed E-state index contributed by atoms with van der Waals surface area (Å²) in [6, 6.07) is 16.4. The van der Waals surface area contributed by atoms with Crippen molar-refractivity contribution in [3.63, 3.8) is 0 Å². The van der Waals surface area contributed by atoms with Gasteiger partial charge in [-0.25, -0.2) is 4.98 Å². The van der Waals surface area contributed by atoms with E-state index in [-0.39, 0.29) is 5.56 Å². The third-order valence-electron chi connectivity index (χ3n) is 3.87. The van der Waals surface area contributed by atoms with E-state index in [0.717, 1.165) is 16.7 Å². The van der Waals surface area contributed by atoms with E-state index in [1.54, 1.807) is 28.8 Å². The van der Waals surface area contributed by atoms with Crippen LogP contribution in [0.15, 0.2) is 67.1 Å². The van der Waals surface area contributed by atoms with Crippen molar-refractivity contribution in [1.82, 2.24) is 14.4 Å². The summed E-state index contributed by atoms with van der Waals surface area (Å²) in [6.45, 7) is -2.18. The summed E-state index contributed by atoms with van der Waals surface area (Å²) in [4.78, 5) is 8.69. The van der Waals surface area contributed by atoms with Gasteiger partial charge >= 0.3 is 0 Å². The van der Waals surface area contributed by atoms with Crippen LogP contribution in [0.2, 0.25) is 0 Å². The molecule has 3 heterocycles. The van der Waals surface area contributed by atoms with E-state index in [1.807, 2.05) is 36.5 Å². The number of hydrogen-bond donors (Lipinski definition) is 0.